The summed E-state index contributed by atoms with van der Waals surface area (Å²) in [6, 6.07) is 0. The van der Waals surface area contributed by atoms with Crippen molar-refractivity contribution in [2.45, 2.75) is 38.2 Å². The molecule has 0 aromatic heterocycles. The van der Waals surface area contributed by atoms with Crippen molar-refractivity contribution in [3.8, 4) is 0 Å². The minimum absolute atomic E-state index is 0.496. The summed E-state index contributed by atoms with van der Waals surface area (Å²) < 4.78 is 5.41. The van der Waals surface area contributed by atoms with Crippen molar-refractivity contribution in [2.24, 2.45) is 16.6 Å². The Kier molecular flexibility index (Phi) is 6.31. The molecule has 1 saturated carbocycles. The molecule has 2 rings (SSSR count). The number of guanidine groups is 1. The number of nitrogens with zero attached hydrogens (tertiary/aromatic N) is 2. The number of hydrogen-bond acceptors (Lipinski definition) is 3. The molecule has 2 fully saturated rings. The molecule has 0 atom stereocenters. The van der Waals surface area contributed by atoms with Gasteiger partial charge in [0.15, 0.2) is 5.96 Å². The molecule has 1 saturated heterocycles. The summed E-state index contributed by atoms with van der Waals surface area (Å²) in [5.74, 6) is 3.93. The van der Waals surface area contributed by atoms with Crippen molar-refractivity contribution in [1.82, 2.24) is 4.90 Å². The first-order valence-corrected chi connectivity index (χ1v) is 8.60. The highest BCUT2D eigenvalue weighted by Crippen LogP contribution is 2.28. The fourth-order valence-electron chi connectivity index (χ4n) is 2.91. The van der Waals surface area contributed by atoms with Gasteiger partial charge in [-0.25, -0.2) is 0 Å². The van der Waals surface area contributed by atoms with Crippen molar-refractivity contribution in [1.29, 1.82) is 0 Å². The number of ether oxygens (including phenoxy) is 1. The molecular formula is C14H27N3OS. The number of hydrogen-bond donors (Lipinski definition) is 1. The van der Waals surface area contributed by atoms with Gasteiger partial charge in [0.05, 0.1) is 6.10 Å². The minimum Gasteiger partial charge on any atom is -0.381 e. The van der Waals surface area contributed by atoms with Gasteiger partial charge in [-0.2, -0.15) is 11.8 Å². The second-order valence-electron chi connectivity index (χ2n) is 5.51. The summed E-state index contributed by atoms with van der Waals surface area (Å²) in [4.78, 5) is 6.78. The van der Waals surface area contributed by atoms with E-state index in [1.54, 1.807) is 0 Å². The van der Waals surface area contributed by atoms with E-state index in [2.05, 4.69) is 9.89 Å². The molecule has 0 aromatic rings. The summed E-state index contributed by atoms with van der Waals surface area (Å²) >= 11 is 2.00. The fraction of sp³-hybridized carbons (Fsp3) is 0.929. The highest BCUT2D eigenvalue weighted by atomic mass is 32.2. The number of rotatable bonds is 4. The van der Waals surface area contributed by atoms with E-state index >= 15 is 0 Å². The average molecular weight is 285 g/mol. The number of aliphatic imine (C=N–C) groups is 1. The third-order valence-electron chi connectivity index (χ3n) is 4.27. The van der Waals surface area contributed by atoms with Gasteiger partial charge in [0.1, 0.15) is 0 Å². The molecule has 5 heteroatoms. The third-order valence-corrected chi connectivity index (χ3v) is 5.22. The van der Waals surface area contributed by atoms with Crippen LogP contribution in [-0.2, 0) is 4.74 Å². The van der Waals surface area contributed by atoms with Gasteiger partial charge in [0.2, 0.25) is 0 Å². The fourth-order valence-corrected chi connectivity index (χ4v) is 3.81. The molecule has 0 radical (unpaired) electrons. The van der Waals surface area contributed by atoms with Crippen LogP contribution in [0.4, 0.5) is 0 Å². The number of nitrogens with two attached hydrogens (primary N) is 1. The van der Waals surface area contributed by atoms with Gasteiger partial charge in [0.25, 0.3) is 0 Å². The van der Waals surface area contributed by atoms with Crippen LogP contribution in [0.25, 0.3) is 0 Å². The molecule has 1 aliphatic heterocycles. The van der Waals surface area contributed by atoms with Crippen LogP contribution in [0, 0.1) is 5.92 Å². The van der Waals surface area contributed by atoms with Gasteiger partial charge in [-0.1, -0.05) is 0 Å². The molecule has 0 unspecified atom stereocenters. The molecule has 2 aliphatic rings. The maximum atomic E-state index is 6.05. The number of methoxy groups -OCH3 is 1. The lowest BCUT2D eigenvalue weighted by atomic mass is 9.85. The molecule has 4 nitrogen and oxygen atoms in total. The monoisotopic (exact) mass is 285 g/mol. The first kappa shape index (κ1) is 15.0. The second kappa shape index (κ2) is 8.00. The van der Waals surface area contributed by atoms with Gasteiger partial charge < -0.3 is 15.4 Å². The molecule has 1 aliphatic carbocycles. The molecule has 110 valence electrons. The van der Waals surface area contributed by atoms with E-state index in [1.807, 2.05) is 18.9 Å². The Morgan fingerprint density at radius 1 is 1.26 bits per heavy atom. The van der Waals surface area contributed by atoms with Crippen LogP contribution in [0.5, 0.6) is 0 Å². The lowest BCUT2D eigenvalue weighted by molar-refractivity contribution is 0.0559. The van der Waals surface area contributed by atoms with E-state index in [1.165, 1.54) is 43.6 Å². The van der Waals surface area contributed by atoms with Gasteiger partial charge in [-0.3, -0.25) is 4.99 Å². The van der Waals surface area contributed by atoms with E-state index in [0.717, 1.165) is 31.5 Å². The summed E-state index contributed by atoms with van der Waals surface area (Å²) in [5.41, 5.74) is 6.05. The van der Waals surface area contributed by atoms with E-state index in [-0.39, 0.29) is 0 Å². The predicted octanol–water partition coefficient (Wildman–Crippen LogP) is 1.95. The molecule has 0 amide bonds. The molecule has 1 heterocycles. The van der Waals surface area contributed by atoms with Crippen molar-refractivity contribution >= 4 is 17.7 Å². The molecular weight excluding hydrogens is 258 g/mol. The van der Waals surface area contributed by atoms with Gasteiger partial charge in [-0.15, -0.1) is 0 Å². The molecule has 0 spiro atoms. The van der Waals surface area contributed by atoms with Crippen molar-refractivity contribution in [2.75, 3.05) is 38.2 Å². The quantitative estimate of drug-likeness (QED) is 0.633. The minimum atomic E-state index is 0.496. The van der Waals surface area contributed by atoms with Crippen LogP contribution in [0.3, 0.4) is 0 Å². The van der Waals surface area contributed by atoms with E-state index < -0.39 is 0 Å². The lowest BCUT2D eigenvalue weighted by Crippen LogP contribution is -2.42. The highest BCUT2D eigenvalue weighted by molar-refractivity contribution is 7.99. The second-order valence-corrected chi connectivity index (χ2v) is 6.73. The van der Waals surface area contributed by atoms with Crippen molar-refractivity contribution in [3.05, 3.63) is 0 Å². The molecule has 2 N–H and O–H groups in total. The Morgan fingerprint density at radius 2 is 1.95 bits per heavy atom. The molecule has 0 aromatic carbocycles. The van der Waals surface area contributed by atoms with E-state index in [0.29, 0.717) is 6.10 Å². The Bertz CT molecular complexity index is 284. The van der Waals surface area contributed by atoms with Crippen LogP contribution in [-0.4, -0.2) is 55.2 Å². The summed E-state index contributed by atoms with van der Waals surface area (Å²) in [5, 5.41) is 0. The summed E-state index contributed by atoms with van der Waals surface area (Å²) in [7, 11) is 1.83. The largest absolute Gasteiger partial charge is 0.381 e. The van der Waals surface area contributed by atoms with Crippen molar-refractivity contribution < 1.29 is 4.74 Å². The Morgan fingerprint density at radius 3 is 2.58 bits per heavy atom. The SMILES string of the molecule is COC1CCC(CCN=C(N)N2CCSCC2)CC1. The van der Waals surface area contributed by atoms with Crippen LogP contribution >= 0.6 is 11.8 Å². The topological polar surface area (TPSA) is 50.9 Å². The predicted molar refractivity (Wildman–Crippen MR) is 82.8 cm³/mol. The normalized spacial score (nSPS) is 29.5. The Hall–Kier alpha value is -0.420. The van der Waals surface area contributed by atoms with E-state index in [9.17, 15) is 0 Å². The maximum absolute atomic E-state index is 6.05. The van der Waals surface area contributed by atoms with Crippen molar-refractivity contribution in [3.63, 3.8) is 0 Å². The van der Waals surface area contributed by atoms with E-state index in [4.69, 9.17) is 10.5 Å². The number of thioether (sulfide) groups is 1. The Balaban J connectivity index is 1.65. The molecule has 0 bridgehead atoms. The van der Waals surface area contributed by atoms with Crippen LogP contribution in [0.1, 0.15) is 32.1 Å². The standard InChI is InChI=1S/C14H27N3OS/c1-18-13-4-2-12(3-5-13)6-7-16-14(15)17-8-10-19-11-9-17/h12-13H,2-11H2,1H3,(H2,15,16). The molecule has 19 heavy (non-hydrogen) atoms. The summed E-state index contributed by atoms with van der Waals surface area (Å²) in [6.07, 6.45) is 6.67. The van der Waals surface area contributed by atoms with Crippen LogP contribution in [0.2, 0.25) is 0 Å². The van der Waals surface area contributed by atoms with Gasteiger partial charge >= 0.3 is 0 Å². The first-order chi connectivity index (χ1) is 9.29. The summed E-state index contributed by atoms with van der Waals surface area (Å²) in [6.45, 7) is 3.00. The van der Waals surface area contributed by atoms with Gasteiger partial charge in [0, 0.05) is 38.2 Å². The Labute approximate surface area is 121 Å². The average Bonchev–Trinajstić information content (AvgIpc) is 2.49. The zero-order valence-electron chi connectivity index (χ0n) is 12.0. The first-order valence-electron chi connectivity index (χ1n) is 7.45. The highest BCUT2D eigenvalue weighted by Gasteiger charge is 2.20. The zero-order valence-corrected chi connectivity index (χ0v) is 12.8. The maximum Gasteiger partial charge on any atom is 0.191 e. The third kappa shape index (κ3) is 4.88. The zero-order chi connectivity index (χ0) is 13.5. The van der Waals surface area contributed by atoms with Gasteiger partial charge in [-0.05, 0) is 38.0 Å². The smallest absolute Gasteiger partial charge is 0.191 e. The lowest BCUT2D eigenvalue weighted by Gasteiger charge is -2.28. The van der Waals surface area contributed by atoms with Crippen LogP contribution in [0.15, 0.2) is 4.99 Å². The van der Waals surface area contributed by atoms with Crippen LogP contribution < -0.4 is 5.73 Å².